The Balaban J connectivity index is 2.85. The van der Waals surface area contributed by atoms with Crippen LogP contribution in [0.4, 0.5) is 8.78 Å². The third-order valence-electron chi connectivity index (χ3n) is 3.24. The minimum absolute atomic E-state index is 0.0000822. The van der Waals surface area contributed by atoms with Crippen molar-refractivity contribution in [2.75, 3.05) is 13.7 Å². The zero-order chi connectivity index (χ0) is 14.4. The molecule has 0 aliphatic heterocycles. The number of benzene rings is 1. The highest BCUT2D eigenvalue weighted by molar-refractivity contribution is 5.20. The number of ether oxygens (including phenoxy) is 1. The summed E-state index contributed by atoms with van der Waals surface area (Å²) in [4.78, 5) is 0. The maximum atomic E-state index is 13.7. The number of hydrogen-bond acceptors (Lipinski definition) is 2. The molecule has 1 aromatic carbocycles. The van der Waals surface area contributed by atoms with E-state index in [1.807, 2.05) is 14.0 Å². The highest BCUT2D eigenvalue weighted by Gasteiger charge is 2.24. The summed E-state index contributed by atoms with van der Waals surface area (Å²) in [5.74, 6) is -0.729. The summed E-state index contributed by atoms with van der Waals surface area (Å²) in [5, 5.41) is 3.17. The van der Waals surface area contributed by atoms with Crippen molar-refractivity contribution in [2.24, 2.45) is 5.92 Å². The standard InChI is InChI=1S/C15H23F2NO/c1-5-19-15(10(2)3)14(18-4)8-11-6-7-12(16)9-13(11)17/h6-7,9-10,14-15,18H,5,8H2,1-4H3. The summed E-state index contributed by atoms with van der Waals surface area (Å²) in [5.41, 5.74) is 0.506. The number of rotatable bonds is 7. The van der Waals surface area contributed by atoms with Gasteiger partial charge in [-0.2, -0.15) is 0 Å². The molecule has 0 aliphatic rings. The van der Waals surface area contributed by atoms with E-state index >= 15 is 0 Å². The van der Waals surface area contributed by atoms with Crippen LogP contribution in [0.25, 0.3) is 0 Å². The molecular formula is C15H23F2NO. The first-order valence-corrected chi connectivity index (χ1v) is 6.72. The van der Waals surface area contributed by atoms with Gasteiger partial charge < -0.3 is 10.1 Å². The Morgan fingerprint density at radius 2 is 1.95 bits per heavy atom. The van der Waals surface area contributed by atoms with Crippen LogP contribution in [0.1, 0.15) is 26.3 Å². The van der Waals surface area contributed by atoms with Crippen molar-refractivity contribution in [3.05, 3.63) is 35.4 Å². The molecule has 2 atom stereocenters. The molecule has 0 bridgehead atoms. The molecule has 0 spiro atoms. The van der Waals surface area contributed by atoms with Crippen molar-refractivity contribution in [3.63, 3.8) is 0 Å². The highest BCUT2D eigenvalue weighted by atomic mass is 19.1. The first kappa shape index (κ1) is 16.1. The number of likely N-dealkylation sites (N-methyl/N-ethyl adjacent to an activating group) is 1. The van der Waals surface area contributed by atoms with Crippen LogP contribution in [0.15, 0.2) is 18.2 Å². The minimum Gasteiger partial charge on any atom is -0.377 e. The van der Waals surface area contributed by atoms with Gasteiger partial charge >= 0.3 is 0 Å². The quantitative estimate of drug-likeness (QED) is 0.822. The molecule has 1 N–H and O–H groups in total. The lowest BCUT2D eigenvalue weighted by molar-refractivity contribution is 0.00519. The molecule has 0 heterocycles. The Morgan fingerprint density at radius 1 is 1.26 bits per heavy atom. The molecule has 0 aromatic heterocycles. The molecule has 0 radical (unpaired) electrons. The maximum Gasteiger partial charge on any atom is 0.129 e. The number of hydrogen-bond donors (Lipinski definition) is 1. The van der Waals surface area contributed by atoms with Crippen molar-refractivity contribution < 1.29 is 13.5 Å². The minimum atomic E-state index is -0.549. The average Bonchev–Trinajstić information content (AvgIpc) is 2.35. The fraction of sp³-hybridized carbons (Fsp3) is 0.600. The summed E-state index contributed by atoms with van der Waals surface area (Å²) in [6.07, 6.45) is 0.477. The molecule has 108 valence electrons. The van der Waals surface area contributed by atoms with Crippen molar-refractivity contribution in [2.45, 2.75) is 39.3 Å². The Labute approximate surface area is 114 Å². The Kier molecular flexibility index (Phi) is 6.38. The monoisotopic (exact) mass is 271 g/mol. The van der Waals surface area contributed by atoms with Gasteiger partial charge in [0.25, 0.3) is 0 Å². The third kappa shape index (κ3) is 4.55. The molecule has 0 fully saturated rings. The second-order valence-electron chi connectivity index (χ2n) is 5.00. The van der Waals surface area contributed by atoms with Gasteiger partial charge in [-0.3, -0.25) is 0 Å². The first-order chi connectivity index (χ1) is 8.99. The van der Waals surface area contributed by atoms with Crippen molar-refractivity contribution in [3.8, 4) is 0 Å². The second-order valence-corrected chi connectivity index (χ2v) is 5.00. The van der Waals surface area contributed by atoms with Crippen molar-refractivity contribution >= 4 is 0 Å². The molecule has 0 saturated carbocycles. The lowest BCUT2D eigenvalue weighted by atomic mass is 9.93. The smallest absolute Gasteiger partial charge is 0.129 e. The van der Waals surface area contributed by atoms with Crippen LogP contribution in [0.5, 0.6) is 0 Å². The van der Waals surface area contributed by atoms with Gasteiger partial charge in [0.05, 0.1) is 6.10 Å². The van der Waals surface area contributed by atoms with Crippen molar-refractivity contribution in [1.82, 2.24) is 5.32 Å². The highest BCUT2D eigenvalue weighted by Crippen LogP contribution is 2.18. The zero-order valence-electron chi connectivity index (χ0n) is 12.0. The van der Waals surface area contributed by atoms with E-state index in [1.54, 1.807) is 0 Å². The predicted molar refractivity (Wildman–Crippen MR) is 73.2 cm³/mol. The molecule has 4 heteroatoms. The summed E-state index contributed by atoms with van der Waals surface area (Å²) in [6.45, 7) is 6.71. The SMILES string of the molecule is CCOC(C(C)C)C(Cc1ccc(F)cc1F)NC. The molecule has 0 amide bonds. The largest absolute Gasteiger partial charge is 0.377 e. The molecule has 1 aromatic rings. The van der Waals surface area contributed by atoms with Gasteiger partial charge in [-0.1, -0.05) is 19.9 Å². The van der Waals surface area contributed by atoms with Crippen LogP contribution in [-0.4, -0.2) is 25.8 Å². The average molecular weight is 271 g/mol. The fourth-order valence-electron chi connectivity index (χ4n) is 2.27. The second kappa shape index (κ2) is 7.56. The van der Waals surface area contributed by atoms with E-state index in [-0.39, 0.29) is 12.1 Å². The van der Waals surface area contributed by atoms with E-state index in [1.165, 1.54) is 12.1 Å². The first-order valence-electron chi connectivity index (χ1n) is 6.72. The summed E-state index contributed by atoms with van der Waals surface area (Å²) < 4.78 is 32.3. The van der Waals surface area contributed by atoms with Crippen molar-refractivity contribution in [1.29, 1.82) is 0 Å². The van der Waals surface area contributed by atoms with Gasteiger partial charge in [-0.15, -0.1) is 0 Å². The van der Waals surface area contributed by atoms with Gasteiger partial charge in [0.1, 0.15) is 11.6 Å². The van der Waals surface area contributed by atoms with Crippen LogP contribution in [0.3, 0.4) is 0 Å². The lowest BCUT2D eigenvalue weighted by Crippen LogP contribution is -2.44. The molecule has 0 saturated heterocycles. The molecule has 1 rings (SSSR count). The lowest BCUT2D eigenvalue weighted by Gasteiger charge is -2.30. The van der Waals surface area contributed by atoms with Gasteiger partial charge in [0.2, 0.25) is 0 Å². The van der Waals surface area contributed by atoms with E-state index < -0.39 is 11.6 Å². The molecular weight excluding hydrogens is 248 g/mol. The predicted octanol–water partition coefficient (Wildman–Crippen LogP) is 3.16. The number of halogens is 2. The van der Waals surface area contributed by atoms with Gasteiger partial charge in [0, 0.05) is 18.7 Å². The van der Waals surface area contributed by atoms with E-state index in [9.17, 15) is 8.78 Å². The Morgan fingerprint density at radius 3 is 2.42 bits per heavy atom. The summed E-state index contributed by atoms with van der Waals surface area (Å²) >= 11 is 0. The van der Waals surface area contributed by atoms with Crippen LogP contribution in [0.2, 0.25) is 0 Å². The Bertz CT molecular complexity index is 396. The van der Waals surface area contributed by atoms with Gasteiger partial charge in [-0.25, -0.2) is 8.78 Å². The third-order valence-corrected chi connectivity index (χ3v) is 3.24. The molecule has 19 heavy (non-hydrogen) atoms. The van der Waals surface area contributed by atoms with E-state index in [2.05, 4.69) is 19.2 Å². The van der Waals surface area contributed by atoms with E-state index in [0.717, 1.165) is 6.07 Å². The topological polar surface area (TPSA) is 21.3 Å². The maximum absolute atomic E-state index is 13.7. The van der Waals surface area contributed by atoms with Crippen LogP contribution >= 0.6 is 0 Å². The number of nitrogens with one attached hydrogen (secondary N) is 1. The normalized spacial score (nSPS) is 14.7. The fourth-order valence-corrected chi connectivity index (χ4v) is 2.27. The van der Waals surface area contributed by atoms with E-state index in [4.69, 9.17) is 4.74 Å². The van der Waals surface area contributed by atoms with Crippen LogP contribution in [-0.2, 0) is 11.2 Å². The summed E-state index contributed by atoms with van der Waals surface area (Å²) in [6, 6.07) is 3.71. The van der Waals surface area contributed by atoms with Gasteiger partial charge in [-0.05, 0) is 37.9 Å². The summed E-state index contributed by atoms with van der Waals surface area (Å²) in [7, 11) is 1.83. The van der Waals surface area contributed by atoms with Crippen LogP contribution in [0, 0.1) is 17.6 Å². The molecule has 2 unspecified atom stereocenters. The zero-order valence-corrected chi connectivity index (χ0v) is 12.0. The molecule has 2 nitrogen and oxygen atoms in total. The van der Waals surface area contributed by atoms with Gasteiger partial charge in [0.15, 0.2) is 0 Å². The van der Waals surface area contributed by atoms with Crippen LogP contribution < -0.4 is 5.32 Å². The van der Waals surface area contributed by atoms with E-state index in [0.29, 0.717) is 24.5 Å². The molecule has 0 aliphatic carbocycles. The Hall–Kier alpha value is -1.00.